The van der Waals surface area contributed by atoms with Gasteiger partial charge in [-0.05, 0) is 79.3 Å². The number of benzene rings is 3. The van der Waals surface area contributed by atoms with E-state index in [1.165, 1.54) is 11.3 Å². The van der Waals surface area contributed by atoms with Gasteiger partial charge in [0.25, 0.3) is 0 Å². The summed E-state index contributed by atoms with van der Waals surface area (Å²) in [7, 11) is 1.95. The molecule has 0 saturated heterocycles. The second-order valence-corrected chi connectivity index (χ2v) is 10.1. The number of thiophene rings is 1. The molecule has 0 aliphatic rings. The summed E-state index contributed by atoms with van der Waals surface area (Å²) >= 11 is 1.42. The Hall–Kier alpha value is -3.67. The van der Waals surface area contributed by atoms with Crippen molar-refractivity contribution in [2.45, 2.75) is 0 Å². The molecule has 0 fully saturated rings. The van der Waals surface area contributed by atoms with E-state index in [9.17, 15) is 19.8 Å². The SMILES string of the molecule is CN(CCOCCOCC(=O)O)CCOc1ccc(C(=O)c2c(-c3ccc(O)cc3)sc3cc(O)ccc23)cc1.Cl. The molecule has 1 aromatic heterocycles. The first kappa shape index (κ1) is 31.9. The van der Waals surface area contributed by atoms with Crippen LogP contribution in [0.25, 0.3) is 20.5 Å². The molecule has 3 aromatic carbocycles. The highest BCUT2D eigenvalue weighted by atomic mass is 35.5. The summed E-state index contributed by atoms with van der Waals surface area (Å²) in [5.74, 6) is -0.216. The molecule has 0 aliphatic carbocycles. The average molecular weight is 602 g/mol. The maximum Gasteiger partial charge on any atom is 0.329 e. The minimum Gasteiger partial charge on any atom is -0.508 e. The molecule has 0 atom stereocenters. The Labute approximate surface area is 247 Å². The monoisotopic (exact) mass is 601 g/mol. The van der Waals surface area contributed by atoms with Crippen molar-refractivity contribution in [1.29, 1.82) is 0 Å². The topological polar surface area (TPSA) is 126 Å². The largest absolute Gasteiger partial charge is 0.508 e. The van der Waals surface area contributed by atoms with Crippen molar-refractivity contribution in [2.75, 3.05) is 53.2 Å². The summed E-state index contributed by atoms with van der Waals surface area (Å²) in [6, 6.07) is 18.7. The summed E-state index contributed by atoms with van der Waals surface area (Å²) in [6.07, 6.45) is 0. The summed E-state index contributed by atoms with van der Waals surface area (Å²) in [6.45, 7) is 2.55. The number of hydrogen-bond acceptors (Lipinski definition) is 9. The van der Waals surface area contributed by atoms with Gasteiger partial charge >= 0.3 is 5.97 Å². The van der Waals surface area contributed by atoms with Crippen LogP contribution in [0.1, 0.15) is 15.9 Å². The van der Waals surface area contributed by atoms with E-state index < -0.39 is 5.97 Å². The van der Waals surface area contributed by atoms with E-state index in [-0.39, 0.29) is 42.9 Å². The third kappa shape index (κ3) is 8.91. The van der Waals surface area contributed by atoms with Gasteiger partial charge in [0.2, 0.25) is 0 Å². The number of nitrogens with zero attached hydrogens (tertiary/aromatic N) is 1. The zero-order valence-corrected chi connectivity index (χ0v) is 24.1. The number of fused-ring (bicyclic) bond motifs is 1. The second kappa shape index (κ2) is 15.4. The van der Waals surface area contributed by atoms with Gasteiger partial charge in [-0.25, -0.2) is 4.79 Å². The van der Waals surface area contributed by atoms with Gasteiger partial charge in [-0.15, -0.1) is 23.7 Å². The van der Waals surface area contributed by atoms with Crippen LogP contribution in [0.5, 0.6) is 17.2 Å². The normalized spacial score (nSPS) is 11.0. The van der Waals surface area contributed by atoms with Crippen LogP contribution in [0.4, 0.5) is 0 Å². The van der Waals surface area contributed by atoms with Crippen molar-refractivity contribution in [3.63, 3.8) is 0 Å². The Bertz CT molecular complexity index is 1440. The zero-order chi connectivity index (χ0) is 28.5. The maximum absolute atomic E-state index is 13.7. The third-order valence-corrected chi connectivity index (χ3v) is 7.30. The number of phenols is 2. The van der Waals surface area contributed by atoms with Gasteiger partial charge in [-0.3, -0.25) is 4.79 Å². The molecule has 0 aliphatic heterocycles. The summed E-state index contributed by atoms with van der Waals surface area (Å²) in [4.78, 5) is 26.9. The quantitative estimate of drug-likeness (QED) is 0.127. The van der Waals surface area contributed by atoms with E-state index >= 15 is 0 Å². The number of likely N-dealkylation sites (N-methyl/N-ethyl adjacent to an activating group) is 1. The minimum atomic E-state index is -1.00. The number of aliphatic carboxylic acids is 1. The molecule has 0 bridgehead atoms. The van der Waals surface area contributed by atoms with Gasteiger partial charge in [-0.1, -0.05) is 0 Å². The van der Waals surface area contributed by atoms with Crippen LogP contribution in [0.15, 0.2) is 66.7 Å². The highest BCUT2D eigenvalue weighted by Gasteiger charge is 2.22. The molecule has 4 rings (SSSR count). The smallest absolute Gasteiger partial charge is 0.329 e. The maximum atomic E-state index is 13.7. The molecule has 0 spiro atoms. The molecule has 9 nitrogen and oxygen atoms in total. The van der Waals surface area contributed by atoms with Crippen molar-refractivity contribution >= 4 is 45.6 Å². The molecule has 0 unspecified atom stereocenters. The minimum absolute atomic E-state index is 0. The van der Waals surface area contributed by atoms with Gasteiger partial charge in [0.15, 0.2) is 5.78 Å². The Kier molecular flexibility index (Phi) is 11.9. The Morgan fingerprint density at radius 2 is 1.49 bits per heavy atom. The molecule has 218 valence electrons. The lowest BCUT2D eigenvalue weighted by Crippen LogP contribution is -2.28. The highest BCUT2D eigenvalue weighted by Crippen LogP contribution is 2.41. The van der Waals surface area contributed by atoms with Crippen LogP contribution < -0.4 is 4.74 Å². The predicted molar refractivity (Wildman–Crippen MR) is 160 cm³/mol. The number of halogens is 1. The van der Waals surface area contributed by atoms with Gasteiger partial charge in [0, 0.05) is 39.2 Å². The predicted octanol–water partition coefficient (Wildman–Crippen LogP) is 5.06. The zero-order valence-electron chi connectivity index (χ0n) is 22.4. The van der Waals surface area contributed by atoms with Crippen LogP contribution in [0.2, 0.25) is 0 Å². The molecule has 0 amide bonds. The number of ketones is 1. The lowest BCUT2D eigenvalue weighted by atomic mass is 9.97. The fourth-order valence-electron chi connectivity index (χ4n) is 4.00. The van der Waals surface area contributed by atoms with E-state index in [4.69, 9.17) is 19.3 Å². The van der Waals surface area contributed by atoms with E-state index in [2.05, 4.69) is 4.90 Å². The second-order valence-electron chi connectivity index (χ2n) is 9.10. The molecule has 0 radical (unpaired) electrons. The fraction of sp³-hybridized carbons (Fsp3) is 0.267. The standard InChI is InChI=1S/C30H31NO8S.ClH/c1-31(12-14-37-16-17-38-19-27(34)35)13-15-39-24-9-4-20(5-10-24)29(36)28-25-11-8-23(33)18-26(25)40-30(28)21-2-6-22(32)7-3-21;/h2-11,18,32-33H,12-17,19H2,1H3,(H,34,35);1H. The first-order chi connectivity index (χ1) is 19.3. The Morgan fingerprint density at radius 3 is 2.20 bits per heavy atom. The number of carboxylic acid groups (broad SMARTS) is 1. The molecule has 4 aromatic rings. The number of aromatic hydroxyl groups is 2. The van der Waals surface area contributed by atoms with Crippen molar-refractivity contribution in [3.8, 4) is 27.7 Å². The number of carbonyl (C=O) groups is 2. The van der Waals surface area contributed by atoms with E-state index in [1.54, 1.807) is 66.7 Å². The van der Waals surface area contributed by atoms with Gasteiger partial charge in [-0.2, -0.15) is 0 Å². The Balaban J connectivity index is 0.00000462. The lowest BCUT2D eigenvalue weighted by Gasteiger charge is -2.17. The van der Waals surface area contributed by atoms with Crippen LogP contribution in [0, 0.1) is 0 Å². The number of carbonyl (C=O) groups excluding carboxylic acids is 1. The average Bonchev–Trinajstić information content (AvgIpc) is 3.31. The van der Waals surface area contributed by atoms with Crippen LogP contribution in [-0.4, -0.2) is 85.1 Å². The van der Waals surface area contributed by atoms with Gasteiger partial charge in [0.1, 0.15) is 30.5 Å². The summed E-state index contributed by atoms with van der Waals surface area (Å²) in [5.41, 5.74) is 1.88. The molecule has 1 heterocycles. The number of rotatable bonds is 15. The van der Waals surface area contributed by atoms with E-state index in [0.29, 0.717) is 49.8 Å². The van der Waals surface area contributed by atoms with Crippen molar-refractivity contribution in [3.05, 3.63) is 77.9 Å². The molecular formula is C30H32ClNO8S. The molecular weight excluding hydrogens is 570 g/mol. The van der Waals surface area contributed by atoms with Crippen molar-refractivity contribution in [2.24, 2.45) is 0 Å². The summed E-state index contributed by atoms with van der Waals surface area (Å²) < 4.78 is 17.0. The number of hydrogen-bond donors (Lipinski definition) is 3. The molecule has 11 heteroatoms. The Morgan fingerprint density at radius 1 is 0.829 bits per heavy atom. The van der Waals surface area contributed by atoms with Crippen LogP contribution in [-0.2, 0) is 14.3 Å². The van der Waals surface area contributed by atoms with Crippen molar-refractivity contribution < 1.29 is 39.1 Å². The number of phenolic OH excluding ortho intramolecular Hbond substituents is 2. The molecule has 0 saturated carbocycles. The first-order valence-electron chi connectivity index (χ1n) is 12.7. The highest BCUT2D eigenvalue weighted by molar-refractivity contribution is 7.22. The van der Waals surface area contributed by atoms with E-state index in [0.717, 1.165) is 20.5 Å². The van der Waals surface area contributed by atoms with Gasteiger partial charge < -0.3 is 34.4 Å². The molecule has 3 N–H and O–H groups in total. The number of carboxylic acids is 1. The van der Waals surface area contributed by atoms with Gasteiger partial charge in [0.05, 0.1) is 19.8 Å². The number of ether oxygens (including phenoxy) is 3. The summed E-state index contributed by atoms with van der Waals surface area (Å²) in [5, 5.41) is 29.0. The fourth-order valence-corrected chi connectivity index (χ4v) is 5.24. The van der Waals surface area contributed by atoms with Crippen molar-refractivity contribution in [1.82, 2.24) is 4.90 Å². The first-order valence-corrected chi connectivity index (χ1v) is 13.5. The molecule has 41 heavy (non-hydrogen) atoms. The van der Waals surface area contributed by atoms with Crippen LogP contribution in [0.3, 0.4) is 0 Å². The third-order valence-electron chi connectivity index (χ3n) is 6.10. The van der Waals surface area contributed by atoms with E-state index in [1.807, 2.05) is 7.05 Å². The lowest BCUT2D eigenvalue weighted by molar-refractivity contribution is -0.142. The van der Waals surface area contributed by atoms with Crippen LogP contribution >= 0.6 is 23.7 Å².